The number of hydrogen-bond donors (Lipinski definition) is 0. The van der Waals surface area contributed by atoms with E-state index in [0.29, 0.717) is 26.4 Å². The Balaban J connectivity index is 1.32. The first-order valence-corrected chi connectivity index (χ1v) is 17.1. The summed E-state index contributed by atoms with van der Waals surface area (Å²) in [6.45, 7) is 4.51. The Labute approximate surface area is 302 Å². The summed E-state index contributed by atoms with van der Waals surface area (Å²) >= 11 is 0. The topological polar surface area (TPSA) is 43.4 Å². The number of aryl methyl sites for hydroxylation is 1. The summed E-state index contributed by atoms with van der Waals surface area (Å²) in [7, 11) is 6.89. The third-order valence-electron chi connectivity index (χ3n) is 8.92. The number of hydrogen-bond acceptors (Lipinski definition) is 6. The van der Waals surface area contributed by atoms with E-state index in [0.717, 1.165) is 67.5 Å². The van der Waals surface area contributed by atoms with Crippen molar-refractivity contribution in [2.75, 3.05) is 38.2 Å². The van der Waals surface area contributed by atoms with E-state index in [-0.39, 0.29) is 0 Å². The Hall–Kier alpha value is -5.24. The monoisotopic (exact) mass is 678 g/mol. The van der Waals surface area contributed by atoms with Crippen LogP contribution in [0.3, 0.4) is 0 Å². The lowest BCUT2D eigenvalue weighted by Crippen LogP contribution is -2.11. The fourth-order valence-corrected chi connectivity index (χ4v) is 6.39. The maximum Gasteiger partial charge on any atom is 0.0713 e. The van der Waals surface area contributed by atoms with Gasteiger partial charge in [-0.15, -0.1) is 0 Å². The molecule has 0 amide bonds. The molecular formula is C45H46N2O4. The fourth-order valence-electron chi connectivity index (χ4n) is 6.39. The van der Waals surface area contributed by atoms with Crippen LogP contribution in [0.4, 0.5) is 34.1 Å². The molecule has 0 heterocycles. The van der Waals surface area contributed by atoms with Crippen LogP contribution in [0.1, 0.15) is 27.8 Å². The fraction of sp³-hybridized carbons (Fsp3) is 0.200. The van der Waals surface area contributed by atoms with E-state index in [4.69, 9.17) is 18.9 Å². The van der Waals surface area contributed by atoms with Crippen LogP contribution in [-0.2, 0) is 45.4 Å². The van der Waals surface area contributed by atoms with Crippen LogP contribution in [0.5, 0.6) is 0 Å². The van der Waals surface area contributed by atoms with Gasteiger partial charge in [0.2, 0.25) is 0 Å². The minimum atomic E-state index is 0.581. The van der Waals surface area contributed by atoms with Crippen molar-refractivity contribution in [3.63, 3.8) is 0 Å². The molecule has 0 saturated carbocycles. The number of benzene rings is 6. The van der Waals surface area contributed by atoms with E-state index in [9.17, 15) is 0 Å². The minimum Gasteiger partial charge on any atom is -0.380 e. The smallest absolute Gasteiger partial charge is 0.0713 e. The van der Waals surface area contributed by atoms with Crippen molar-refractivity contribution in [2.24, 2.45) is 0 Å². The number of nitrogens with zero attached hydrogens (tertiary/aromatic N) is 2. The molecule has 51 heavy (non-hydrogen) atoms. The maximum atomic E-state index is 5.36. The molecule has 0 atom stereocenters. The van der Waals surface area contributed by atoms with E-state index in [1.54, 1.807) is 28.4 Å². The zero-order valence-electron chi connectivity index (χ0n) is 30.1. The highest BCUT2D eigenvalue weighted by atomic mass is 16.5. The third-order valence-corrected chi connectivity index (χ3v) is 8.92. The van der Waals surface area contributed by atoms with E-state index >= 15 is 0 Å². The first-order chi connectivity index (χ1) is 25.0. The van der Waals surface area contributed by atoms with Gasteiger partial charge in [-0.1, -0.05) is 66.7 Å². The quantitative estimate of drug-likeness (QED) is 0.108. The number of rotatable bonds is 15. The van der Waals surface area contributed by atoms with Crippen LogP contribution in [0.2, 0.25) is 0 Å². The second kappa shape index (κ2) is 17.1. The molecule has 260 valence electrons. The second-order valence-electron chi connectivity index (χ2n) is 12.6. The molecule has 6 aromatic carbocycles. The van der Waals surface area contributed by atoms with Gasteiger partial charge in [-0.3, -0.25) is 0 Å². The van der Waals surface area contributed by atoms with Crippen LogP contribution < -0.4 is 9.80 Å². The van der Waals surface area contributed by atoms with E-state index in [1.165, 1.54) is 5.56 Å². The van der Waals surface area contributed by atoms with Gasteiger partial charge in [-0.2, -0.15) is 0 Å². The van der Waals surface area contributed by atoms with E-state index in [1.807, 2.05) is 0 Å². The molecule has 0 aromatic heterocycles. The van der Waals surface area contributed by atoms with Crippen LogP contribution >= 0.6 is 0 Å². The summed E-state index contributed by atoms with van der Waals surface area (Å²) in [5.41, 5.74) is 14.5. The lowest BCUT2D eigenvalue weighted by atomic mass is 10.0. The average molecular weight is 679 g/mol. The first-order valence-electron chi connectivity index (χ1n) is 17.1. The van der Waals surface area contributed by atoms with Gasteiger partial charge in [-0.05, 0) is 119 Å². The van der Waals surface area contributed by atoms with Gasteiger partial charge < -0.3 is 28.7 Å². The van der Waals surface area contributed by atoms with Crippen molar-refractivity contribution < 1.29 is 18.9 Å². The summed E-state index contributed by atoms with van der Waals surface area (Å²) < 4.78 is 21.4. The predicted molar refractivity (Wildman–Crippen MR) is 209 cm³/mol. The lowest BCUT2D eigenvalue weighted by molar-refractivity contribution is 0.185. The zero-order chi connectivity index (χ0) is 35.6. The predicted octanol–water partition coefficient (Wildman–Crippen LogP) is 11.2. The molecule has 6 nitrogen and oxygen atoms in total. The third kappa shape index (κ3) is 8.56. The van der Waals surface area contributed by atoms with E-state index < -0.39 is 0 Å². The number of anilines is 6. The van der Waals surface area contributed by atoms with Gasteiger partial charge in [0.1, 0.15) is 0 Å². The van der Waals surface area contributed by atoms with Crippen molar-refractivity contribution in [1.29, 1.82) is 0 Å². The Morgan fingerprint density at radius 2 is 0.647 bits per heavy atom. The van der Waals surface area contributed by atoms with Crippen LogP contribution in [0.25, 0.3) is 11.1 Å². The largest absolute Gasteiger partial charge is 0.380 e. The second-order valence-corrected chi connectivity index (χ2v) is 12.6. The molecule has 6 aromatic rings. The molecule has 0 fully saturated rings. The van der Waals surface area contributed by atoms with Gasteiger partial charge >= 0.3 is 0 Å². The Morgan fingerprint density at radius 1 is 0.353 bits per heavy atom. The molecule has 6 rings (SSSR count). The zero-order valence-corrected chi connectivity index (χ0v) is 30.1. The molecule has 0 N–H and O–H groups in total. The Morgan fingerprint density at radius 3 is 0.961 bits per heavy atom. The normalized spacial score (nSPS) is 11.1. The Kier molecular flexibility index (Phi) is 11.9. The molecule has 0 spiro atoms. The van der Waals surface area contributed by atoms with Crippen molar-refractivity contribution >= 4 is 34.1 Å². The van der Waals surface area contributed by atoms with Gasteiger partial charge in [0, 0.05) is 62.6 Å². The van der Waals surface area contributed by atoms with E-state index in [2.05, 4.69) is 156 Å². The molecule has 0 aliphatic rings. The molecule has 0 unspecified atom stereocenters. The van der Waals surface area contributed by atoms with Crippen LogP contribution in [0, 0.1) is 6.92 Å². The minimum absolute atomic E-state index is 0.581. The highest BCUT2D eigenvalue weighted by molar-refractivity contribution is 5.82. The van der Waals surface area contributed by atoms with Crippen LogP contribution in [0.15, 0.2) is 140 Å². The van der Waals surface area contributed by atoms with Crippen molar-refractivity contribution in [3.05, 3.63) is 167 Å². The summed E-state index contributed by atoms with van der Waals surface area (Å²) in [6.07, 6.45) is 0. The maximum absolute atomic E-state index is 5.36. The molecule has 0 aliphatic heterocycles. The standard InChI is InChI=1S/C45H46N2O4/c1-33-28-39(16-27-45(33)47(43-21-10-36(11-22-43)31-50-4)44-23-12-37(13-24-44)32-51-5)38-14-25-42(26-15-38)46(40-17-6-34(7-18-40)29-48-2)41-19-8-35(9-20-41)30-49-3/h6-28H,29-32H2,1-5H3. The number of ether oxygens (including phenoxy) is 4. The average Bonchev–Trinajstić information content (AvgIpc) is 3.16. The Bertz CT molecular complexity index is 1870. The molecule has 0 saturated heterocycles. The molecule has 0 aliphatic carbocycles. The molecule has 0 radical (unpaired) electrons. The van der Waals surface area contributed by atoms with Crippen molar-refractivity contribution in [2.45, 2.75) is 33.4 Å². The summed E-state index contributed by atoms with van der Waals surface area (Å²) in [5.74, 6) is 0. The lowest BCUT2D eigenvalue weighted by Gasteiger charge is -2.28. The molecule has 0 bridgehead atoms. The number of methoxy groups -OCH3 is 4. The SMILES string of the molecule is COCc1ccc(N(c2ccc(COC)cc2)c2ccc(-c3ccc(N(c4ccc(COC)cc4)c4ccc(COC)cc4)c(C)c3)cc2)cc1. The molecule has 6 heteroatoms. The summed E-state index contributed by atoms with van der Waals surface area (Å²) in [6, 6.07) is 49.7. The summed E-state index contributed by atoms with van der Waals surface area (Å²) in [4.78, 5) is 4.59. The van der Waals surface area contributed by atoms with Crippen LogP contribution in [-0.4, -0.2) is 28.4 Å². The van der Waals surface area contributed by atoms with Gasteiger partial charge in [-0.25, -0.2) is 0 Å². The molecular weight excluding hydrogens is 633 g/mol. The highest BCUT2D eigenvalue weighted by Gasteiger charge is 2.17. The highest BCUT2D eigenvalue weighted by Crippen LogP contribution is 2.40. The van der Waals surface area contributed by atoms with Gasteiger partial charge in [0.15, 0.2) is 0 Å². The van der Waals surface area contributed by atoms with Crippen molar-refractivity contribution in [3.8, 4) is 11.1 Å². The van der Waals surface area contributed by atoms with Gasteiger partial charge in [0.05, 0.1) is 26.4 Å². The van der Waals surface area contributed by atoms with Crippen molar-refractivity contribution in [1.82, 2.24) is 0 Å². The summed E-state index contributed by atoms with van der Waals surface area (Å²) in [5, 5.41) is 0. The van der Waals surface area contributed by atoms with Gasteiger partial charge in [0.25, 0.3) is 0 Å². The first kappa shape index (κ1) is 35.6.